The van der Waals surface area contributed by atoms with Gasteiger partial charge < -0.3 is 10.0 Å². The van der Waals surface area contributed by atoms with E-state index in [4.69, 9.17) is 0 Å². The summed E-state index contributed by atoms with van der Waals surface area (Å²) >= 11 is 0. The van der Waals surface area contributed by atoms with Gasteiger partial charge in [-0.25, -0.2) is 0 Å². The quantitative estimate of drug-likeness (QED) is 0.888. The van der Waals surface area contributed by atoms with Crippen molar-refractivity contribution in [3.63, 3.8) is 0 Å². The normalized spacial score (nSPS) is 22.6. The Hall–Kier alpha value is -1.84. The van der Waals surface area contributed by atoms with Gasteiger partial charge in [0.25, 0.3) is 5.91 Å². The lowest BCUT2D eigenvalue weighted by Gasteiger charge is -2.21. The molecule has 0 radical (unpaired) electrons. The first-order chi connectivity index (χ1) is 8.83. The van der Waals surface area contributed by atoms with Gasteiger partial charge in [0.2, 0.25) is 0 Å². The Morgan fingerprint density at radius 2 is 2.00 bits per heavy atom. The highest BCUT2D eigenvalue weighted by atomic mass is 16.4. The van der Waals surface area contributed by atoms with E-state index in [2.05, 4.69) is 0 Å². The van der Waals surface area contributed by atoms with Crippen molar-refractivity contribution in [1.82, 2.24) is 4.90 Å². The zero-order chi connectivity index (χ0) is 14.2. The van der Waals surface area contributed by atoms with Gasteiger partial charge in [0.05, 0.1) is 5.41 Å². The third-order valence-electron chi connectivity index (χ3n) is 3.90. The van der Waals surface area contributed by atoms with Gasteiger partial charge in [-0.05, 0) is 38.8 Å². The van der Waals surface area contributed by atoms with Crippen LogP contribution in [0, 0.1) is 19.3 Å². The molecule has 1 aromatic carbocycles. The number of carbonyl (C=O) groups is 2. The minimum absolute atomic E-state index is 0.0637. The van der Waals surface area contributed by atoms with Crippen LogP contribution in [0.1, 0.15) is 34.8 Å². The summed E-state index contributed by atoms with van der Waals surface area (Å²) in [7, 11) is 0. The molecule has 1 heterocycles. The van der Waals surface area contributed by atoms with E-state index in [1.54, 1.807) is 11.8 Å². The summed E-state index contributed by atoms with van der Waals surface area (Å²) in [5.41, 5.74) is 1.83. The second-order valence-electron chi connectivity index (χ2n) is 5.66. The number of hydrogen-bond acceptors (Lipinski definition) is 2. The van der Waals surface area contributed by atoms with Crippen molar-refractivity contribution >= 4 is 11.9 Å². The summed E-state index contributed by atoms with van der Waals surface area (Å²) in [6.07, 6.45) is 0.513. The van der Waals surface area contributed by atoms with Gasteiger partial charge in [0.1, 0.15) is 0 Å². The van der Waals surface area contributed by atoms with E-state index in [0.717, 1.165) is 11.1 Å². The van der Waals surface area contributed by atoms with Crippen molar-refractivity contribution in [1.29, 1.82) is 0 Å². The largest absolute Gasteiger partial charge is 0.481 e. The molecule has 0 unspecified atom stereocenters. The van der Waals surface area contributed by atoms with E-state index in [-0.39, 0.29) is 12.5 Å². The number of carbonyl (C=O) groups excluding carboxylic acids is 1. The molecule has 0 bridgehead atoms. The SMILES string of the molecule is Cc1ccc(C)c(C(=O)N2CC[C@@](C)(C(=O)O)C2)c1. The van der Waals surface area contributed by atoms with Gasteiger partial charge in [-0.2, -0.15) is 0 Å². The van der Waals surface area contributed by atoms with Gasteiger partial charge in [-0.3, -0.25) is 9.59 Å². The summed E-state index contributed by atoms with van der Waals surface area (Å²) in [4.78, 5) is 25.3. The molecule has 1 fully saturated rings. The van der Waals surface area contributed by atoms with Crippen molar-refractivity contribution in [3.05, 3.63) is 34.9 Å². The fourth-order valence-electron chi connectivity index (χ4n) is 2.45. The minimum atomic E-state index is -0.830. The van der Waals surface area contributed by atoms with E-state index in [0.29, 0.717) is 18.5 Å². The number of likely N-dealkylation sites (tertiary alicyclic amines) is 1. The molecule has 0 spiro atoms. The zero-order valence-corrected chi connectivity index (χ0v) is 11.6. The smallest absolute Gasteiger partial charge is 0.311 e. The molecular formula is C15H19NO3. The molecule has 0 saturated carbocycles. The Kier molecular flexibility index (Phi) is 3.35. The lowest BCUT2D eigenvalue weighted by atomic mass is 9.90. The van der Waals surface area contributed by atoms with Gasteiger partial charge in [-0.15, -0.1) is 0 Å². The van der Waals surface area contributed by atoms with Crippen LogP contribution in [0.3, 0.4) is 0 Å². The molecule has 4 nitrogen and oxygen atoms in total. The molecule has 102 valence electrons. The summed E-state index contributed by atoms with van der Waals surface area (Å²) in [5.74, 6) is -0.894. The Morgan fingerprint density at radius 1 is 1.32 bits per heavy atom. The molecule has 1 aliphatic heterocycles. The fraction of sp³-hybridized carbons (Fsp3) is 0.467. The molecule has 0 aliphatic carbocycles. The maximum Gasteiger partial charge on any atom is 0.311 e. The van der Waals surface area contributed by atoms with Crippen LogP contribution in [-0.4, -0.2) is 35.0 Å². The van der Waals surface area contributed by atoms with Crippen LogP contribution in [0.15, 0.2) is 18.2 Å². The zero-order valence-electron chi connectivity index (χ0n) is 11.6. The number of amides is 1. The van der Waals surface area contributed by atoms with Crippen molar-refractivity contribution in [2.45, 2.75) is 27.2 Å². The van der Waals surface area contributed by atoms with Gasteiger partial charge in [0.15, 0.2) is 0 Å². The Bertz CT molecular complexity index is 538. The molecule has 1 amide bonds. The lowest BCUT2D eigenvalue weighted by molar-refractivity contribution is -0.147. The van der Waals surface area contributed by atoms with E-state index in [9.17, 15) is 14.7 Å². The van der Waals surface area contributed by atoms with Crippen molar-refractivity contribution in [3.8, 4) is 0 Å². The third-order valence-corrected chi connectivity index (χ3v) is 3.90. The second-order valence-corrected chi connectivity index (χ2v) is 5.66. The maximum atomic E-state index is 12.5. The Morgan fingerprint density at radius 3 is 2.58 bits per heavy atom. The minimum Gasteiger partial charge on any atom is -0.481 e. The average molecular weight is 261 g/mol. The predicted octanol–water partition coefficient (Wildman–Crippen LogP) is 2.24. The van der Waals surface area contributed by atoms with Crippen LogP contribution in [0.5, 0.6) is 0 Å². The summed E-state index contributed by atoms with van der Waals surface area (Å²) < 4.78 is 0. The highest BCUT2D eigenvalue weighted by molar-refractivity contribution is 5.96. The lowest BCUT2D eigenvalue weighted by Crippen LogP contribution is -2.35. The molecule has 1 N–H and O–H groups in total. The van der Waals surface area contributed by atoms with Crippen LogP contribution in [0.25, 0.3) is 0 Å². The number of aliphatic carboxylic acids is 1. The number of rotatable bonds is 2. The maximum absolute atomic E-state index is 12.5. The highest BCUT2D eigenvalue weighted by Crippen LogP contribution is 2.31. The third kappa shape index (κ3) is 2.48. The van der Waals surface area contributed by atoms with Gasteiger partial charge >= 0.3 is 5.97 Å². The number of carboxylic acid groups (broad SMARTS) is 1. The first-order valence-electron chi connectivity index (χ1n) is 6.43. The topological polar surface area (TPSA) is 57.6 Å². The molecule has 4 heteroatoms. The predicted molar refractivity (Wildman–Crippen MR) is 72.2 cm³/mol. The van der Waals surface area contributed by atoms with E-state index in [1.165, 1.54) is 0 Å². The summed E-state index contributed by atoms with van der Waals surface area (Å²) in [6.45, 7) is 6.34. The molecule has 1 saturated heterocycles. The van der Waals surface area contributed by atoms with E-state index in [1.807, 2.05) is 32.0 Å². The van der Waals surface area contributed by atoms with Crippen molar-refractivity contribution in [2.75, 3.05) is 13.1 Å². The van der Waals surface area contributed by atoms with Crippen molar-refractivity contribution in [2.24, 2.45) is 5.41 Å². The number of benzene rings is 1. The molecule has 1 atom stereocenters. The summed E-state index contributed by atoms with van der Waals surface area (Å²) in [5, 5.41) is 9.20. The molecule has 1 aromatic rings. The Labute approximate surface area is 113 Å². The van der Waals surface area contributed by atoms with Crippen molar-refractivity contribution < 1.29 is 14.7 Å². The number of hydrogen-bond donors (Lipinski definition) is 1. The molecule has 2 rings (SSSR count). The average Bonchev–Trinajstić information content (AvgIpc) is 2.76. The summed E-state index contributed by atoms with van der Waals surface area (Å²) in [6, 6.07) is 5.76. The van der Waals surface area contributed by atoms with Gasteiger partial charge in [-0.1, -0.05) is 17.7 Å². The van der Waals surface area contributed by atoms with Crippen LogP contribution < -0.4 is 0 Å². The number of aryl methyl sites for hydroxylation is 2. The van der Waals surface area contributed by atoms with Crippen LogP contribution in [-0.2, 0) is 4.79 Å². The van der Waals surface area contributed by atoms with E-state index < -0.39 is 11.4 Å². The van der Waals surface area contributed by atoms with E-state index >= 15 is 0 Å². The van der Waals surface area contributed by atoms with Crippen LogP contribution in [0.2, 0.25) is 0 Å². The first-order valence-corrected chi connectivity index (χ1v) is 6.43. The van der Waals surface area contributed by atoms with Crippen LogP contribution >= 0.6 is 0 Å². The van der Waals surface area contributed by atoms with Crippen LogP contribution in [0.4, 0.5) is 0 Å². The number of carboxylic acids is 1. The van der Waals surface area contributed by atoms with Gasteiger partial charge in [0, 0.05) is 18.7 Å². The molecule has 0 aromatic heterocycles. The monoisotopic (exact) mass is 261 g/mol. The Balaban J connectivity index is 2.22. The highest BCUT2D eigenvalue weighted by Gasteiger charge is 2.42. The molecular weight excluding hydrogens is 242 g/mol. The molecule has 1 aliphatic rings. The number of nitrogens with zero attached hydrogens (tertiary/aromatic N) is 1. The fourth-order valence-corrected chi connectivity index (χ4v) is 2.45. The molecule has 19 heavy (non-hydrogen) atoms. The first kappa shape index (κ1) is 13.6. The standard InChI is InChI=1S/C15H19NO3/c1-10-4-5-11(2)12(8-10)13(17)16-7-6-15(3,9-16)14(18)19/h4-5,8H,6-7,9H2,1-3H3,(H,18,19)/t15-/m1/s1. The second kappa shape index (κ2) is 4.68.